The van der Waals surface area contributed by atoms with Crippen LogP contribution in [-0.2, 0) is 26.0 Å². The van der Waals surface area contributed by atoms with Crippen molar-refractivity contribution in [2.75, 3.05) is 40.3 Å². The van der Waals surface area contributed by atoms with E-state index in [0.29, 0.717) is 26.1 Å². The normalized spacial score (nSPS) is 11.4. The van der Waals surface area contributed by atoms with E-state index in [0.717, 1.165) is 12.1 Å². The Kier molecular flexibility index (Phi) is 8.70. The molecule has 1 aromatic carbocycles. The Morgan fingerprint density at radius 1 is 1.08 bits per heavy atom. The van der Waals surface area contributed by atoms with Crippen LogP contribution < -0.4 is 10.5 Å². The van der Waals surface area contributed by atoms with Crippen molar-refractivity contribution in [3.05, 3.63) is 29.8 Å². The van der Waals surface area contributed by atoms with Gasteiger partial charge in [-0.05, 0) is 38.2 Å². The third-order valence-corrected chi connectivity index (χ3v) is 4.79. The molecule has 0 unspecified atom stereocenters. The van der Waals surface area contributed by atoms with Gasteiger partial charge < -0.3 is 15.1 Å². The summed E-state index contributed by atoms with van der Waals surface area (Å²) in [7, 11) is 0.152. The predicted octanol–water partition coefficient (Wildman–Crippen LogP) is -0.207. The Morgan fingerprint density at radius 3 is 2.19 bits per heavy atom. The number of sulfonamides is 1. The monoisotopic (exact) mass is 384 g/mol. The number of rotatable bonds is 10. The van der Waals surface area contributed by atoms with Gasteiger partial charge >= 0.3 is 0 Å². The van der Waals surface area contributed by atoms with Gasteiger partial charge in [-0.25, -0.2) is 13.6 Å². The summed E-state index contributed by atoms with van der Waals surface area (Å²) in [5.74, 6) is -0.192. The lowest BCUT2D eigenvalue weighted by molar-refractivity contribution is -0.129. The lowest BCUT2D eigenvalue weighted by atomic mass is 10.1. The van der Waals surface area contributed by atoms with Crippen LogP contribution in [0.1, 0.15) is 18.9 Å². The molecule has 0 fully saturated rings. The standard InChI is InChI=1S/C17H28N4O4S/c1-14(22)21(12-9-17(23)19-10-13-20(2)3)11-8-15-4-6-16(7-5-15)26(18,24)25/h4-7H,8-13H2,1-3H3,(H,19,23)(H2,18,24,25). The zero-order valence-corrected chi connectivity index (χ0v) is 16.4. The van der Waals surface area contributed by atoms with Crippen LogP contribution >= 0.6 is 0 Å². The van der Waals surface area contributed by atoms with E-state index in [9.17, 15) is 18.0 Å². The zero-order valence-electron chi connectivity index (χ0n) is 15.6. The average Bonchev–Trinajstić information content (AvgIpc) is 2.53. The second-order valence-electron chi connectivity index (χ2n) is 6.35. The van der Waals surface area contributed by atoms with Crippen LogP contribution in [0.25, 0.3) is 0 Å². The first-order valence-corrected chi connectivity index (χ1v) is 9.93. The SMILES string of the molecule is CC(=O)N(CCC(=O)NCCN(C)C)CCc1ccc(S(N)(=O)=O)cc1. The largest absolute Gasteiger partial charge is 0.355 e. The molecule has 0 saturated carbocycles. The molecule has 0 aromatic heterocycles. The van der Waals surface area contributed by atoms with Crippen molar-refractivity contribution in [3.63, 3.8) is 0 Å². The summed E-state index contributed by atoms with van der Waals surface area (Å²) in [5, 5.41) is 7.88. The lowest BCUT2D eigenvalue weighted by Crippen LogP contribution is -2.36. The van der Waals surface area contributed by atoms with Crippen molar-refractivity contribution in [2.45, 2.75) is 24.7 Å². The number of nitrogens with zero attached hydrogens (tertiary/aromatic N) is 2. The van der Waals surface area contributed by atoms with Crippen molar-refractivity contribution in [1.82, 2.24) is 15.1 Å². The molecule has 0 aliphatic carbocycles. The second kappa shape index (κ2) is 10.2. The van der Waals surface area contributed by atoms with Crippen LogP contribution in [0.5, 0.6) is 0 Å². The number of hydrogen-bond acceptors (Lipinski definition) is 5. The maximum absolute atomic E-state index is 11.8. The molecule has 1 rings (SSSR count). The maximum Gasteiger partial charge on any atom is 0.238 e. The minimum Gasteiger partial charge on any atom is -0.355 e. The molecule has 0 atom stereocenters. The molecule has 2 amide bonds. The average molecular weight is 385 g/mol. The van der Waals surface area contributed by atoms with Crippen molar-refractivity contribution >= 4 is 21.8 Å². The number of nitrogens with one attached hydrogen (secondary N) is 1. The van der Waals surface area contributed by atoms with E-state index in [1.165, 1.54) is 19.1 Å². The van der Waals surface area contributed by atoms with E-state index in [-0.39, 0.29) is 23.1 Å². The highest BCUT2D eigenvalue weighted by atomic mass is 32.2. The zero-order chi connectivity index (χ0) is 19.7. The van der Waals surface area contributed by atoms with Gasteiger partial charge in [0, 0.05) is 39.5 Å². The molecule has 9 heteroatoms. The Hall–Kier alpha value is -1.97. The van der Waals surface area contributed by atoms with E-state index in [4.69, 9.17) is 5.14 Å². The summed E-state index contributed by atoms with van der Waals surface area (Å²) in [6.45, 7) is 3.60. The molecular formula is C17H28N4O4S. The van der Waals surface area contributed by atoms with Crippen LogP contribution in [-0.4, -0.2) is 70.3 Å². The Labute approximate surface area is 155 Å². The molecule has 0 radical (unpaired) electrons. The van der Waals surface area contributed by atoms with Gasteiger partial charge in [0.25, 0.3) is 0 Å². The first-order chi connectivity index (χ1) is 12.1. The number of primary sulfonamides is 1. The van der Waals surface area contributed by atoms with Gasteiger partial charge in [0.2, 0.25) is 21.8 Å². The van der Waals surface area contributed by atoms with Crippen LogP contribution in [0.3, 0.4) is 0 Å². The fourth-order valence-corrected chi connectivity index (χ4v) is 2.80. The number of carbonyl (C=O) groups excluding carboxylic acids is 2. The van der Waals surface area contributed by atoms with Crippen LogP contribution in [0.2, 0.25) is 0 Å². The lowest BCUT2D eigenvalue weighted by Gasteiger charge is -2.21. The fraction of sp³-hybridized carbons (Fsp3) is 0.529. The molecular weight excluding hydrogens is 356 g/mol. The van der Waals surface area contributed by atoms with Gasteiger partial charge in [-0.15, -0.1) is 0 Å². The quantitative estimate of drug-likeness (QED) is 0.580. The van der Waals surface area contributed by atoms with Crippen molar-refractivity contribution in [1.29, 1.82) is 0 Å². The van der Waals surface area contributed by atoms with Gasteiger partial charge in [0.1, 0.15) is 0 Å². The molecule has 26 heavy (non-hydrogen) atoms. The number of nitrogens with two attached hydrogens (primary N) is 1. The minimum absolute atomic E-state index is 0.0547. The van der Waals surface area contributed by atoms with E-state index in [1.54, 1.807) is 17.0 Å². The number of benzene rings is 1. The molecule has 0 aliphatic rings. The van der Waals surface area contributed by atoms with E-state index in [1.807, 2.05) is 19.0 Å². The predicted molar refractivity (Wildman–Crippen MR) is 100.0 cm³/mol. The first-order valence-electron chi connectivity index (χ1n) is 8.38. The van der Waals surface area contributed by atoms with Crippen molar-refractivity contribution in [3.8, 4) is 0 Å². The molecule has 1 aromatic rings. The van der Waals surface area contributed by atoms with Gasteiger partial charge in [0.15, 0.2) is 0 Å². The molecule has 0 aliphatic heterocycles. The number of amides is 2. The highest BCUT2D eigenvalue weighted by Crippen LogP contribution is 2.10. The Morgan fingerprint density at radius 2 is 1.69 bits per heavy atom. The van der Waals surface area contributed by atoms with Gasteiger partial charge in [0.05, 0.1) is 4.90 Å². The van der Waals surface area contributed by atoms with Gasteiger partial charge in [-0.1, -0.05) is 12.1 Å². The number of likely N-dealkylation sites (N-methyl/N-ethyl adjacent to an activating group) is 1. The van der Waals surface area contributed by atoms with E-state index >= 15 is 0 Å². The molecule has 0 saturated heterocycles. The number of carbonyl (C=O) groups is 2. The maximum atomic E-state index is 11.8. The third kappa shape index (κ3) is 8.41. The number of hydrogen-bond donors (Lipinski definition) is 2. The molecule has 8 nitrogen and oxygen atoms in total. The summed E-state index contributed by atoms with van der Waals surface area (Å²) in [6.07, 6.45) is 0.810. The summed E-state index contributed by atoms with van der Waals surface area (Å²) < 4.78 is 22.5. The summed E-state index contributed by atoms with van der Waals surface area (Å²) in [6, 6.07) is 6.24. The summed E-state index contributed by atoms with van der Waals surface area (Å²) in [5.41, 5.74) is 0.888. The molecule has 0 heterocycles. The topological polar surface area (TPSA) is 113 Å². The summed E-state index contributed by atoms with van der Waals surface area (Å²) >= 11 is 0. The smallest absolute Gasteiger partial charge is 0.238 e. The molecule has 3 N–H and O–H groups in total. The minimum atomic E-state index is -3.71. The molecule has 146 valence electrons. The van der Waals surface area contributed by atoms with Gasteiger partial charge in [-0.3, -0.25) is 9.59 Å². The molecule has 0 bridgehead atoms. The van der Waals surface area contributed by atoms with Crippen molar-refractivity contribution in [2.24, 2.45) is 5.14 Å². The fourth-order valence-electron chi connectivity index (χ4n) is 2.28. The highest BCUT2D eigenvalue weighted by Gasteiger charge is 2.12. The van der Waals surface area contributed by atoms with Crippen LogP contribution in [0.15, 0.2) is 29.2 Å². The van der Waals surface area contributed by atoms with E-state index < -0.39 is 10.0 Å². The van der Waals surface area contributed by atoms with Gasteiger partial charge in [-0.2, -0.15) is 0 Å². The Bertz CT molecular complexity index is 702. The third-order valence-electron chi connectivity index (χ3n) is 3.86. The van der Waals surface area contributed by atoms with Crippen LogP contribution in [0, 0.1) is 0 Å². The second-order valence-corrected chi connectivity index (χ2v) is 7.91. The van der Waals surface area contributed by atoms with Crippen LogP contribution in [0.4, 0.5) is 0 Å². The van der Waals surface area contributed by atoms with Crippen molar-refractivity contribution < 1.29 is 18.0 Å². The summed E-state index contributed by atoms with van der Waals surface area (Å²) in [4.78, 5) is 27.2. The first kappa shape index (κ1) is 22.1. The Balaban J connectivity index is 2.48. The molecule has 0 spiro atoms. The van der Waals surface area contributed by atoms with E-state index in [2.05, 4.69) is 5.32 Å². The highest BCUT2D eigenvalue weighted by molar-refractivity contribution is 7.89.